The van der Waals surface area contributed by atoms with Crippen molar-refractivity contribution in [2.45, 2.75) is 26.2 Å². The molecule has 0 unspecified atom stereocenters. The highest BCUT2D eigenvalue weighted by Gasteiger charge is 2.22. The molecule has 0 saturated carbocycles. The van der Waals surface area contributed by atoms with Gasteiger partial charge in [-0.25, -0.2) is 0 Å². The van der Waals surface area contributed by atoms with Crippen LogP contribution < -0.4 is 4.90 Å². The Balaban J connectivity index is 0.962. The first kappa shape index (κ1) is 37.3. The highest BCUT2D eigenvalue weighted by molar-refractivity contribution is 6.10. The predicted octanol–water partition coefficient (Wildman–Crippen LogP) is 17.3. The molecule has 0 aliphatic heterocycles. The quantitative estimate of drug-likeness (QED) is 0.160. The van der Waals surface area contributed by atoms with Gasteiger partial charge in [-0.2, -0.15) is 0 Å². The maximum absolute atomic E-state index is 6.77. The van der Waals surface area contributed by atoms with Crippen molar-refractivity contribution in [1.82, 2.24) is 0 Å². The van der Waals surface area contributed by atoms with Gasteiger partial charge in [-0.15, -0.1) is 0 Å². The molecule has 0 amide bonds. The fraction of sp³-hybridized carbons (Fsp3) is 0.0667. The van der Waals surface area contributed by atoms with Crippen LogP contribution in [0.4, 0.5) is 17.1 Å². The van der Waals surface area contributed by atoms with Crippen LogP contribution >= 0.6 is 0 Å². The lowest BCUT2D eigenvalue weighted by Gasteiger charge is -2.26. The zero-order valence-corrected chi connectivity index (χ0v) is 35.1. The van der Waals surface area contributed by atoms with Crippen LogP contribution in [0.3, 0.4) is 0 Å². The first-order valence-electron chi connectivity index (χ1n) is 21.5. The normalized spacial score (nSPS) is 11.8. The Labute approximate surface area is 363 Å². The van der Waals surface area contributed by atoms with E-state index in [1.807, 2.05) is 0 Å². The summed E-state index contributed by atoms with van der Waals surface area (Å²) in [7, 11) is 0. The van der Waals surface area contributed by atoms with Gasteiger partial charge in [0.15, 0.2) is 0 Å². The molecule has 0 aliphatic rings. The molecule has 0 spiro atoms. The maximum atomic E-state index is 6.77. The SMILES string of the molecule is CC(C)(C)c1cccc2c1oc1c(-c3ccc(N(c4ccc(-c5ccc(-c6cccc7ccccc67)cc5)cc4)c4ccc(-c5cccc6ccccc56)cc4)cc3)cccc12. The van der Waals surface area contributed by atoms with Gasteiger partial charge in [-0.05, 0) is 102 Å². The molecule has 0 atom stereocenters. The van der Waals surface area contributed by atoms with Gasteiger partial charge in [0.05, 0.1) is 0 Å². The summed E-state index contributed by atoms with van der Waals surface area (Å²) in [5.41, 5.74) is 15.8. The summed E-state index contributed by atoms with van der Waals surface area (Å²) in [5, 5.41) is 7.33. The van der Waals surface area contributed by atoms with Crippen molar-refractivity contribution < 1.29 is 4.42 Å². The minimum absolute atomic E-state index is 0.0351. The van der Waals surface area contributed by atoms with E-state index in [0.717, 1.165) is 50.1 Å². The lowest BCUT2D eigenvalue weighted by atomic mass is 9.86. The monoisotopic (exact) mass is 795 g/mol. The van der Waals surface area contributed by atoms with E-state index >= 15 is 0 Å². The molecule has 11 aromatic rings. The van der Waals surface area contributed by atoms with E-state index in [4.69, 9.17) is 4.42 Å². The second-order valence-corrected chi connectivity index (χ2v) is 17.3. The van der Waals surface area contributed by atoms with Gasteiger partial charge in [-0.1, -0.05) is 203 Å². The van der Waals surface area contributed by atoms with Crippen molar-refractivity contribution in [2.24, 2.45) is 0 Å². The van der Waals surface area contributed by atoms with Crippen molar-refractivity contribution >= 4 is 60.5 Å². The third-order valence-electron chi connectivity index (χ3n) is 12.4. The standard InChI is InChI=1S/C60H45NO/c1-60(2,3)57-23-11-22-56-55-21-10-20-54(58(55)62-59(56)57)46-32-38-49(39-33-46)61(48-36-30-45(31-37-48)53-19-9-15-43-13-5-7-17-51(43)53)47-34-28-41(29-35-47)40-24-26-44(27-25-40)52-18-8-14-42-12-4-6-16-50(42)52/h4-39H,1-3H3. The number of nitrogens with zero attached hydrogens (tertiary/aromatic N) is 1. The van der Waals surface area contributed by atoms with Crippen LogP contribution in [-0.4, -0.2) is 0 Å². The Hall–Kier alpha value is -7.68. The third kappa shape index (κ3) is 6.62. The summed E-state index contributed by atoms with van der Waals surface area (Å²) in [6, 6.07) is 79.1. The summed E-state index contributed by atoms with van der Waals surface area (Å²) in [6.07, 6.45) is 0. The summed E-state index contributed by atoms with van der Waals surface area (Å²) < 4.78 is 6.77. The number of hydrogen-bond acceptors (Lipinski definition) is 2. The predicted molar refractivity (Wildman–Crippen MR) is 264 cm³/mol. The molecule has 2 nitrogen and oxygen atoms in total. The van der Waals surface area contributed by atoms with Crippen LogP contribution in [0.1, 0.15) is 26.3 Å². The van der Waals surface area contributed by atoms with Gasteiger partial charge in [0.25, 0.3) is 0 Å². The number of fused-ring (bicyclic) bond motifs is 5. The average molecular weight is 796 g/mol. The van der Waals surface area contributed by atoms with Crippen LogP contribution in [0.25, 0.3) is 88.0 Å². The Kier molecular flexibility index (Phi) is 9.09. The van der Waals surface area contributed by atoms with E-state index < -0.39 is 0 Å². The fourth-order valence-electron chi connectivity index (χ4n) is 9.26. The van der Waals surface area contributed by atoms with Gasteiger partial charge in [0, 0.05) is 39.0 Å². The zero-order chi connectivity index (χ0) is 41.8. The maximum Gasteiger partial charge on any atom is 0.143 e. The molecule has 0 radical (unpaired) electrons. The smallest absolute Gasteiger partial charge is 0.143 e. The molecule has 296 valence electrons. The first-order valence-corrected chi connectivity index (χ1v) is 21.5. The van der Waals surface area contributed by atoms with Gasteiger partial charge in [0.1, 0.15) is 11.2 Å². The van der Waals surface area contributed by atoms with Gasteiger partial charge in [-0.3, -0.25) is 0 Å². The molecule has 1 heterocycles. The highest BCUT2D eigenvalue weighted by Crippen LogP contribution is 2.42. The third-order valence-corrected chi connectivity index (χ3v) is 12.4. The van der Waals surface area contributed by atoms with Crippen molar-refractivity contribution in [3.63, 3.8) is 0 Å². The second-order valence-electron chi connectivity index (χ2n) is 17.3. The fourth-order valence-corrected chi connectivity index (χ4v) is 9.26. The number of anilines is 3. The topological polar surface area (TPSA) is 16.4 Å². The highest BCUT2D eigenvalue weighted by atomic mass is 16.3. The molecule has 11 rings (SSSR count). The van der Waals surface area contributed by atoms with Crippen LogP contribution in [0.2, 0.25) is 0 Å². The Morgan fingerprint density at radius 2 is 0.661 bits per heavy atom. The van der Waals surface area contributed by atoms with Crippen LogP contribution in [0.5, 0.6) is 0 Å². The molecular formula is C60H45NO. The largest absolute Gasteiger partial charge is 0.455 e. The van der Waals surface area contributed by atoms with E-state index in [0.29, 0.717) is 0 Å². The van der Waals surface area contributed by atoms with Gasteiger partial charge >= 0.3 is 0 Å². The van der Waals surface area contributed by atoms with Crippen LogP contribution in [0.15, 0.2) is 223 Å². The summed E-state index contributed by atoms with van der Waals surface area (Å²) >= 11 is 0. The molecule has 0 bridgehead atoms. The Morgan fingerprint density at radius 3 is 1.18 bits per heavy atom. The van der Waals surface area contributed by atoms with Crippen molar-refractivity contribution in [2.75, 3.05) is 4.90 Å². The second kappa shape index (κ2) is 15.1. The lowest BCUT2D eigenvalue weighted by molar-refractivity contribution is 0.573. The average Bonchev–Trinajstić information content (AvgIpc) is 3.71. The summed E-state index contributed by atoms with van der Waals surface area (Å²) in [5.74, 6) is 0. The molecular weight excluding hydrogens is 751 g/mol. The molecule has 62 heavy (non-hydrogen) atoms. The molecule has 2 heteroatoms. The van der Waals surface area contributed by atoms with Crippen LogP contribution in [0, 0.1) is 0 Å². The minimum atomic E-state index is -0.0351. The summed E-state index contributed by atoms with van der Waals surface area (Å²) in [4.78, 5) is 2.35. The van der Waals surface area contributed by atoms with Gasteiger partial charge in [0.2, 0.25) is 0 Å². The molecule has 0 saturated heterocycles. The molecule has 0 fully saturated rings. The summed E-state index contributed by atoms with van der Waals surface area (Å²) in [6.45, 7) is 6.74. The van der Waals surface area contributed by atoms with Crippen molar-refractivity contribution in [1.29, 1.82) is 0 Å². The van der Waals surface area contributed by atoms with Crippen molar-refractivity contribution in [3.8, 4) is 44.5 Å². The first-order chi connectivity index (χ1) is 30.4. The van der Waals surface area contributed by atoms with E-state index in [2.05, 4.69) is 244 Å². The zero-order valence-electron chi connectivity index (χ0n) is 35.1. The molecule has 0 N–H and O–H groups in total. The number of benzene rings is 10. The number of hydrogen-bond donors (Lipinski definition) is 0. The van der Waals surface area contributed by atoms with Crippen molar-refractivity contribution in [3.05, 3.63) is 224 Å². The number of rotatable bonds is 7. The Morgan fingerprint density at radius 1 is 0.306 bits per heavy atom. The molecule has 0 aliphatic carbocycles. The van der Waals surface area contributed by atoms with E-state index in [1.54, 1.807) is 0 Å². The molecule has 1 aromatic heterocycles. The number of para-hydroxylation sites is 2. The van der Waals surface area contributed by atoms with E-state index in [9.17, 15) is 0 Å². The molecule has 10 aromatic carbocycles. The lowest BCUT2D eigenvalue weighted by Crippen LogP contribution is -2.10. The van der Waals surface area contributed by atoms with Crippen LogP contribution in [-0.2, 0) is 5.41 Å². The Bertz CT molecular complexity index is 3390. The van der Waals surface area contributed by atoms with Gasteiger partial charge < -0.3 is 9.32 Å². The number of furan rings is 1. The van der Waals surface area contributed by atoms with E-state index in [-0.39, 0.29) is 5.41 Å². The van der Waals surface area contributed by atoms with E-state index in [1.165, 1.54) is 60.5 Å². The minimum Gasteiger partial charge on any atom is -0.455 e.